The van der Waals surface area contributed by atoms with E-state index >= 15 is 0 Å². The van der Waals surface area contributed by atoms with Crippen LogP contribution in [0.2, 0.25) is 0 Å². The molecule has 0 radical (unpaired) electrons. The number of anilines is 2. The number of benzene rings is 2. The molecule has 5 rings (SSSR count). The minimum atomic E-state index is -0.548. The fourth-order valence-electron chi connectivity index (χ4n) is 3.92. The predicted octanol–water partition coefficient (Wildman–Crippen LogP) is 3.85. The third kappa shape index (κ3) is 5.25. The number of fused-ring (bicyclic) bond motifs is 1. The first-order chi connectivity index (χ1) is 17.5. The zero-order valence-corrected chi connectivity index (χ0v) is 20.5. The highest BCUT2D eigenvalue weighted by Gasteiger charge is 2.24. The number of carbonyl (C=O) groups is 2. The molecule has 36 heavy (non-hydrogen) atoms. The second-order valence-electron chi connectivity index (χ2n) is 8.39. The van der Waals surface area contributed by atoms with Crippen LogP contribution in [0.5, 0.6) is 0 Å². The number of carbonyl (C=O) groups excluding carboxylic acids is 2. The van der Waals surface area contributed by atoms with E-state index in [0.29, 0.717) is 48.7 Å². The zero-order chi connectivity index (χ0) is 25.1. The number of hydrogen-bond acceptors (Lipinski definition) is 8. The molecule has 2 aromatic heterocycles. The van der Waals surface area contributed by atoms with Crippen molar-refractivity contribution in [3.8, 4) is 0 Å². The minimum Gasteiger partial charge on any atom is -0.445 e. The Hall–Kier alpha value is -4.12. The van der Waals surface area contributed by atoms with Gasteiger partial charge in [0.2, 0.25) is 0 Å². The largest absolute Gasteiger partial charge is 0.445 e. The number of thiazole rings is 1. The van der Waals surface area contributed by atoms with Crippen LogP contribution >= 0.6 is 11.3 Å². The van der Waals surface area contributed by atoms with Gasteiger partial charge in [-0.05, 0) is 29.7 Å². The van der Waals surface area contributed by atoms with Crippen molar-refractivity contribution in [1.29, 1.82) is 0 Å². The Balaban J connectivity index is 1.12. The van der Waals surface area contributed by atoms with Crippen molar-refractivity contribution in [2.24, 2.45) is 0 Å². The molecule has 0 spiro atoms. The van der Waals surface area contributed by atoms with Gasteiger partial charge < -0.3 is 24.3 Å². The molecule has 4 aromatic rings. The van der Waals surface area contributed by atoms with Crippen LogP contribution in [0.15, 0.2) is 57.1 Å². The quantitative estimate of drug-likeness (QED) is 0.407. The van der Waals surface area contributed by atoms with E-state index in [1.807, 2.05) is 24.3 Å². The van der Waals surface area contributed by atoms with Crippen LogP contribution < -0.4 is 16.0 Å². The van der Waals surface area contributed by atoms with E-state index in [1.54, 1.807) is 28.5 Å². The third-order valence-corrected chi connectivity index (χ3v) is 6.91. The molecule has 1 fully saturated rings. The first kappa shape index (κ1) is 23.6. The van der Waals surface area contributed by atoms with Crippen molar-refractivity contribution in [1.82, 2.24) is 14.9 Å². The highest BCUT2D eigenvalue weighted by Crippen LogP contribution is 2.23. The van der Waals surface area contributed by atoms with Crippen molar-refractivity contribution < 1.29 is 18.7 Å². The molecule has 1 aliphatic heterocycles. The Kier molecular flexibility index (Phi) is 6.72. The van der Waals surface area contributed by atoms with Gasteiger partial charge in [0.15, 0.2) is 10.7 Å². The smallest absolute Gasteiger partial charge is 0.417 e. The standard InChI is InChI=1S/C25H25N5O5S/c1-2-16-3-5-17(6-4-16)14-34-25(33)30-11-9-29(10-12-30)23-27-20(15-36-23)22(31)26-18-7-8-19-21(13-18)35-24(32)28-19/h3-8,13,15H,2,9-12,14H2,1H3,(H,26,31)(H,28,32). The number of oxazole rings is 1. The minimum absolute atomic E-state index is 0.247. The molecule has 0 aliphatic carbocycles. The van der Waals surface area contributed by atoms with Gasteiger partial charge in [-0.2, -0.15) is 0 Å². The van der Waals surface area contributed by atoms with Gasteiger partial charge in [0.1, 0.15) is 12.3 Å². The lowest BCUT2D eigenvalue weighted by molar-refractivity contribution is 0.0941. The Morgan fingerprint density at radius 2 is 1.86 bits per heavy atom. The molecule has 2 amide bonds. The Labute approximate surface area is 210 Å². The highest BCUT2D eigenvalue weighted by atomic mass is 32.1. The molecule has 186 valence electrons. The normalized spacial score (nSPS) is 13.7. The van der Waals surface area contributed by atoms with Crippen molar-refractivity contribution >= 4 is 45.3 Å². The molecule has 0 bridgehead atoms. The molecule has 0 saturated carbocycles. The molecule has 1 saturated heterocycles. The van der Waals surface area contributed by atoms with Crippen molar-refractivity contribution in [2.75, 3.05) is 36.4 Å². The molecule has 2 aromatic carbocycles. The molecule has 1 aliphatic rings. The molecule has 11 heteroatoms. The number of hydrogen-bond donors (Lipinski definition) is 2. The average Bonchev–Trinajstić information content (AvgIpc) is 3.54. The number of H-pyrrole nitrogens is 1. The fraction of sp³-hybridized carbons (Fsp3) is 0.280. The lowest BCUT2D eigenvalue weighted by atomic mass is 10.1. The van der Waals surface area contributed by atoms with E-state index in [4.69, 9.17) is 9.15 Å². The first-order valence-electron chi connectivity index (χ1n) is 11.6. The summed E-state index contributed by atoms with van der Waals surface area (Å²) in [5.41, 5.74) is 3.92. The average molecular weight is 508 g/mol. The number of ether oxygens (including phenoxy) is 1. The van der Waals surface area contributed by atoms with Crippen LogP contribution in [0.3, 0.4) is 0 Å². The number of nitrogens with zero attached hydrogens (tertiary/aromatic N) is 3. The Bertz CT molecular complexity index is 1430. The summed E-state index contributed by atoms with van der Waals surface area (Å²) in [5, 5.41) is 5.19. The number of rotatable bonds is 6. The second-order valence-corrected chi connectivity index (χ2v) is 9.23. The molecule has 10 nitrogen and oxygen atoms in total. The maximum atomic E-state index is 12.7. The first-order valence-corrected chi connectivity index (χ1v) is 12.5. The van der Waals surface area contributed by atoms with Crippen LogP contribution in [0, 0.1) is 0 Å². The van der Waals surface area contributed by atoms with E-state index in [9.17, 15) is 14.4 Å². The monoisotopic (exact) mass is 507 g/mol. The number of piperazine rings is 1. The molecule has 0 unspecified atom stereocenters. The number of aryl methyl sites for hydroxylation is 1. The summed E-state index contributed by atoms with van der Waals surface area (Å²) in [6.45, 7) is 4.56. The van der Waals surface area contributed by atoms with Crippen LogP contribution in [-0.2, 0) is 17.8 Å². The number of nitrogens with one attached hydrogen (secondary N) is 2. The summed E-state index contributed by atoms with van der Waals surface area (Å²) in [5.74, 6) is -0.906. The predicted molar refractivity (Wildman–Crippen MR) is 137 cm³/mol. The summed E-state index contributed by atoms with van der Waals surface area (Å²) in [6, 6.07) is 13.0. The number of aromatic nitrogens is 2. The van der Waals surface area contributed by atoms with Crippen molar-refractivity contribution in [3.05, 3.63) is 75.2 Å². The van der Waals surface area contributed by atoms with E-state index in [0.717, 1.165) is 17.1 Å². The van der Waals surface area contributed by atoms with Crippen LogP contribution in [-0.4, -0.2) is 53.0 Å². The second kappa shape index (κ2) is 10.2. The van der Waals surface area contributed by atoms with E-state index < -0.39 is 5.76 Å². The summed E-state index contributed by atoms with van der Waals surface area (Å²) in [4.78, 5) is 47.2. The molecule has 2 N–H and O–H groups in total. The van der Waals surface area contributed by atoms with Gasteiger partial charge in [-0.3, -0.25) is 9.78 Å². The third-order valence-electron chi connectivity index (χ3n) is 6.01. The van der Waals surface area contributed by atoms with Gasteiger partial charge in [0.25, 0.3) is 5.91 Å². The maximum absolute atomic E-state index is 12.7. The van der Waals surface area contributed by atoms with Gasteiger partial charge in [0, 0.05) is 43.3 Å². The summed E-state index contributed by atoms with van der Waals surface area (Å²) in [6.07, 6.45) is 0.643. The van der Waals surface area contributed by atoms with Crippen molar-refractivity contribution in [2.45, 2.75) is 20.0 Å². The van der Waals surface area contributed by atoms with E-state index in [-0.39, 0.29) is 18.6 Å². The highest BCUT2D eigenvalue weighted by molar-refractivity contribution is 7.14. The topological polar surface area (TPSA) is 121 Å². The van der Waals surface area contributed by atoms with Gasteiger partial charge in [-0.1, -0.05) is 31.2 Å². The van der Waals surface area contributed by atoms with E-state index in [2.05, 4.69) is 27.1 Å². The SMILES string of the molecule is CCc1ccc(COC(=O)N2CCN(c3nc(C(=O)Nc4ccc5[nH]c(=O)oc5c4)cs3)CC2)cc1. The van der Waals surface area contributed by atoms with Crippen LogP contribution in [0.25, 0.3) is 11.1 Å². The fourth-order valence-corrected chi connectivity index (χ4v) is 4.78. The molecular weight excluding hydrogens is 482 g/mol. The molecule has 0 atom stereocenters. The maximum Gasteiger partial charge on any atom is 0.417 e. The summed E-state index contributed by atoms with van der Waals surface area (Å²) < 4.78 is 10.5. The van der Waals surface area contributed by atoms with Gasteiger partial charge in [-0.25, -0.2) is 14.6 Å². The lowest BCUT2D eigenvalue weighted by Crippen LogP contribution is -2.48. The Morgan fingerprint density at radius 1 is 1.11 bits per heavy atom. The Morgan fingerprint density at radius 3 is 2.61 bits per heavy atom. The summed E-state index contributed by atoms with van der Waals surface area (Å²) >= 11 is 1.38. The van der Waals surface area contributed by atoms with Gasteiger partial charge in [-0.15, -0.1) is 11.3 Å². The molecular formula is C25H25N5O5S. The van der Waals surface area contributed by atoms with Crippen molar-refractivity contribution in [3.63, 3.8) is 0 Å². The number of aromatic amines is 1. The summed E-state index contributed by atoms with van der Waals surface area (Å²) in [7, 11) is 0. The molecule has 3 heterocycles. The van der Waals surface area contributed by atoms with Gasteiger partial charge in [0.05, 0.1) is 5.52 Å². The van der Waals surface area contributed by atoms with Gasteiger partial charge >= 0.3 is 11.8 Å². The zero-order valence-electron chi connectivity index (χ0n) is 19.7. The van der Waals surface area contributed by atoms with Crippen LogP contribution in [0.4, 0.5) is 15.6 Å². The lowest BCUT2D eigenvalue weighted by Gasteiger charge is -2.33. The van der Waals surface area contributed by atoms with E-state index in [1.165, 1.54) is 16.9 Å². The van der Waals surface area contributed by atoms with Crippen LogP contribution in [0.1, 0.15) is 28.5 Å². The number of amides is 2.